The molecule has 1 unspecified atom stereocenters. The van der Waals surface area contributed by atoms with Crippen molar-refractivity contribution in [2.24, 2.45) is 4.74 Å². The maximum atomic E-state index is 5.72. The fourth-order valence-corrected chi connectivity index (χ4v) is 10.3. The van der Waals surface area contributed by atoms with Crippen LogP contribution in [0, 0.1) is 0 Å². The Bertz CT molecular complexity index is 1370. The fraction of sp³-hybridized carbons (Fsp3) is 0.379. The van der Waals surface area contributed by atoms with E-state index in [0.717, 1.165) is 29.8 Å². The number of aryl methyl sites for hydroxylation is 1. The van der Waals surface area contributed by atoms with Crippen molar-refractivity contribution in [3.05, 3.63) is 71.2 Å². The van der Waals surface area contributed by atoms with Gasteiger partial charge in [0.05, 0.1) is 12.9 Å². The van der Waals surface area contributed by atoms with E-state index in [0.29, 0.717) is 0 Å². The first-order valence-corrected chi connectivity index (χ1v) is 15.0. The normalized spacial score (nSPS) is 17.2. The lowest BCUT2D eigenvalue weighted by Gasteiger charge is -2.47. The van der Waals surface area contributed by atoms with Gasteiger partial charge in [0.25, 0.3) is 0 Å². The summed E-state index contributed by atoms with van der Waals surface area (Å²) < 4.78 is 12.0. The summed E-state index contributed by atoms with van der Waals surface area (Å²) in [5, 5.41) is 4.10. The average Bonchev–Trinajstić information content (AvgIpc) is 3.16. The van der Waals surface area contributed by atoms with Gasteiger partial charge in [0.1, 0.15) is 0 Å². The van der Waals surface area contributed by atoms with Crippen molar-refractivity contribution in [1.29, 1.82) is 0 Å². The number of piperidine rings is 1. The predicted molar refractivity (Wildman–Crippen MR) is 153 cm³/mol. The highest BCUT2D eigenvalue weighted by Crippen LogP contribution is 2.64. The van der Waals surface area contributed by atoms with Gasteiger partial charge in [0.2, 0.25) is 0 Å². The summed E-state index contributed by atoms with van der Waals surface area (Å²) in [6, 6.07) is 24.6. The zero-order valence-corrected chi connectivity index (χ0v) is 23.2. The van der Waals surface area contributed by atoms with Crippen LogP contribution in [0.2, 0.25) is 0 Å². The third-order valence-electron chi connectivity index (χ3n) is 7.20. The van der Waals surface area contributed by atoms with E-state index in [1.54, 1.807) is 0 Å². The first-order valence-electron chi connectivity index (χ1n) is 12.5. The highest BCUT2D eigenvalue weighted by atomic mass is 79.9. The van der Waals surface area contributed by atoms with Crippen molar-refractivity contribution < 1.29 is 0 Å². The Morgan fingerprint density at radius 1 is 0.853 bits per heavy atom. The molecule has 178 valence electrons. The van der Waals surface area contributed by atoms with E-state index in [-0.39, 0.29) is 5.16 Å². The van der Waals surface area contributed by atoms with Gasteiger partial charge >= 0.3 is 0 Å². The van der Waals surface area contributed by atoms with Crippen molar-refractivity contribution in [3.63, 3.8) is 0 Å². The summed E-state index contributed by atoms with van der Waals surface area (Å²) in [4.78, 5) is 0. The topological polar surface area (TPSA) is 20.5 Å². The molecule has 5 heteroatoms. The van der Waals surface area contributed by atoms with Crippen LogP contribution in [0.5, 0.6) is 0 Å². The molecule has 0 amide bonds. The molecule has 0 spiro atoms. The van der Waals surface area contributed by atoms with Crippen LogP contribution in [0.25, 0.3) is 21.8 Å². The minimum Gasteiger partial charge on any atom is -0.341 e. The maximum absolute atomic E-state index is 5.72. The second kappa shape index (κ2) is 9.30. The largest absolute Gasteiger partial charge is 0.341 e. The monoisotopic (exact) mass is 535 g/mol. The Labute approximate surface area is 212 Å². The molecule has 1 aromatic heterocycles. The number of benzene rings is 3. The molecule has 34 heavy (non-hydrogen) atoms. The molecule has 1 saturated heterocycles. The number of fused-ring (bicyclic) bond motifs is 3. The first kappa shape index (κ1) is 23.9. The molecule has 1 atom stereocenters. The lowest BCUT2D eigenvalue weighted by atomic mass is 10.1. The number of aromatic nitrogens is 1. The number of hydrogen-bond acceptors (Lipinski definition) is 1. The molecule has 4 aromatic rings. The fourth-order valence-electron chi connectivity index (χ4n) is 5.66. The Balaban J connectivity index is 1.84. The Morgan fingerprint density at radius 2 is 1.53 bits per heavy atom. The third kappa shape index (κ3) is 3.98. The molecule has 0 N–H and O–H groups in total. The molecule has 3 nitrogen and oxygen atoms in total. The van der Waals surface area contributed by atoms with E-state index in [2.05, 4.69) is 120 Å². The zero-order chi connectivity index (χ0) is 23.9. The highest BCUT2D eigenvalue weighted by molar-refractivity contribution is 9.10. The molecule has 5 rings (SSSR count). The van der Waals surface area contributed by atoms with Crippen molar-refractivity contribution in [1.82, 2.24) is 9.24 Å². The van der Waals surface area contributed by atoms with Crippen LogP contribution in [0.1, 0.15) is 47.0 Å². The highest BCUT2D eigenvalue weighted by Gasteiger charge is 2.41. The molecule has 0 radical (unpaired) electrons. The lowest BCUT2D eigenvalue weighted by Crippen LogP contribution is -2.39. The quantitative estimate of drug-likeness (QED) is 0.239. The molecule has 0 saturated carbocycles. The van der Waals surface area contributed by atoms with Gasteiger partial charge in [-0.25, -0.2) is 4.74 Å². The minimum absolute atomic E-state index is 0.00815. The molecule has 0 aliphatic carbocycles. The number of para-hydroxylation sites is 1. The van der Waals surface area contributed by atoms with Gasteiger partial charge in [-0.15, -0.1) is 0 Å². The number of nitrogens with zero attached hydrogens (tertiary/aromatic N) is 3. The average molecular weight is 536 g/mol. The van der Waals surface area contributed by atoms with E-state index in [9.17, 15) is 0 Å². The van der Waals surface area contributed by atoms with Crippen LogP contribution in [-0.4, -0.2) is 27.5 Å². The predicted octanol–water partition coefficient (Wildman–Crippen LogP) is 8.93. The molecule has 1 aliphatic rings. The van der Waals surface area contributed by atoms with E-state index in [1.165, 1.54) is 46.4 Å². The van der Waals surface area contributed by atoms with Gasteiger partial charge in [-0.05, 0) is 68.3 Å². The number of halogens is 1. The standard InChI is InChI=1S/C29H35BrN3P/c1-5-33-27-12-8-7-11-25(27)26-21-24(17-18-28(26)33)34(29(2,3)4,32-19-9-6-10-20-32)31-23-15-13-22(30)14-16-23/h7-8,11-18,21H,5-6,9-10,19-20H2,1-4H3. The molecule has 2 heterocycles. The van der Waals surface area contributed by atoms with Gasteiger partial charge in [0, 0.05) is 56.4 Å². The summed E-state index contributed by atoms with van der Waals surface area (Å²) in [6.45, 7) is 12.7. The van der Waals surface area contributed by atoms with Crippen molar-refractivity contribution >= 4 is 55.9 Å². The van der Waals surface area contributed by atoms with Crippen LogP contribution in [0.3, 0.4) is 0 Å². The smallest absolute Gasteiger partial charge is 0.0720 e. The number of hydrogen-bond donors (Lipinski definition) is 0. The Morgan fingerprint density at radius 3 is 2.21 bits per heavy atom. The summed E-state index contributed by atoms with van der Waals surface area (Å²) in [7, 11) is -2.09. The van der Waals surface area contributed by atoms with E-state index < -0.39 is 7.21 Å². The second-order valence-electron chi connectivity index (χ2n) is 10.3. The molecule has 0 bridgehead atoms. The van der Waals surface area contributed by atoms with Gasteiger partial charge < -0.3 is 4.57 Å². The van der Waals surface area contributed by atoms with Crippen LogP contribution in [0.15, 0.2) is 75.9 Å². The molecule has 3 aromatic carbocycles. The van der Waals surface area contributed by atoms with Crippen molar-refractivity contribution in [2.45, 2.75) is 58.7 Å². The van der Waals surface area contributed by atoms with E-state index in [4.69, 9.17) is 4.74 Å². The Hall–Kier alpha value is -1.87. The van der Waals surface area contributed by atoms with Gasteiger partial charge in [-0.1, -0.05) is 61.3 Å². The molecular weight excluding hydrogens is 501 g/mol. The van der Waals surface area contributed by atoms with Crippen molar-refractivity contribution in [3.8, 4) is 0 Å². The Kier molecular flexibility index (Phi) is 6.52. The van der Waals surface area contributed by atoms with E-state index in [1.807, 2.05) is 0 Å². The zero-order valence-electron chi connectivity index (χ0n) is 20.8. The van der Waals surface area contributed by atoms with Crippen LogP contribution >= 0.6 is 23.1 Å². The van der Waals surface area contributed by atoms with Gasteiger partial charge in [-0.3, -0.25) is 4.67 Å². The number of rotatable bonds is 4. The van der Waals surface area contributed by atoms with Crippen LogP contribution < -0.4 is 5.30 Å². The van der Waals surface area contributed by atoms with E-state index >= 15 is 0 Å². The second-order valence-corrected chi connectivity index (χ2v) is 15.1. The summed E-state index contributed by atoms with van der Waals surface area (Å²) in [6.07, 6.45) is 3.83. The molecular formula is C29H35BrN3P. The van der Waals surface area contributed by atoms with Crippen molar-refractivity contribution in [2.75, 3.05) is 13.1 Å². The minimum atomic E-state index is -2.09. The summed E-state index contributed by atoms with van der Waals surface area (Å²) >= 11 is 3.60. The lowest BCUT2D eigenvalue weighted by molar-refractivity contribution is 0.361. The van der Waals surface area contributed by atoms with Gasteiger partial charge in [0.15, 0.2) is 0 Å². The van der Waals surface area contributed by atoms with Gasteiger partial charge in [-0.2, -0.15) is 0 Å². The summed E-state index contributed by atoms with van der Waals surface area (Å²) in [5.41, 5.74) is 3.72. The van der Waals surface area contributed by atoms with Crippen LogP contribution in [0.4, 0.5) is 5.69 Å². The summed E-state index contributed by atoms with van der Waals surface area (Å²) in [5.74, 6) is 0. The first-order chi connectivity index (χ1) is 16.3. The molecule has 1 fully saturated rings. The maximum Gasteiger partial charge on any atom is 0.0720 e. The molecule has 1 aliphatic heterocycles. The van der Waals surface area contributed by atoms with Crippen LogP contribution in [-0.2, 0) is 6.54 Å². The SMILES string of the molecule is CCn1c2ccccc2c2cc(P(=Nc3ccc(Br)cc3)(N3CCCCC3)C(C)(C)C)ccc21. The third-order valence-corrected chi connectivity index (χ3v) is 12.3.